The Morgan fingerprint density at radius 3 is 2.29 bits per heavy atom. The van der Waals surface area contributed by atoms with E-state index in [2.05, 4.69) is 20.3 Å². The normalized spacial score (nSPS) is 16.7. The number of alkyl halides is 2. The van der Waals surface area contributed by atoms with Gasteiger partial charge in [-0.2, -0.15) is 0 Å². The number of rotatable bonds is 3. The monoisotopic (exact) mass is 319 g/mol. The first-order valence-electron chi connectivity index (χ1n) is 5.16. The van der Waals surface area contributed by atoms with Crippen LogP contribution in [-0.2, 0) is 11.4 Å². The van der Waals surface area contributed by atoms with Gasteiger partial charge in [-0.1, -0.05) is 34.7 Å². The van der Waals surface area contributed by atoms with Crippen LogP contribution < -0.4 is 0 Å². The molecule has 0 saturated carbocycles. The average molecular weight is 320 g/mol. The molecule has 0 aliphatic heterocycles. The smallest absolute Gasteiger partial charge is 0.201 e. The third kappa shape index (κ3) is 4.41. The second-order valence-corrected chi connectivity index (χ2v) is 7.21. The van der Waals surface area contributed by atoms with E-state index in [9.17, 15) is 8.94 Å². The summed E-state index contributed by atoms with van der Waals surface area (Å²) in [6.45, 7) is 5.41. The number of hydrogen-bond donors (Lipinski definition) is 0. The fraction of sp³-hybridized carbons (Fsp3) is 0.417. The van der Waals surface area contributed by atoms with Crippen LogP contribution in [0.2, 0.25) is 0 Å². The summed E-state index contributed by atoms with van der Waals surface area (Å²) >= 11 is 1.37. The molecular weight excluding hydrogens is 305 g/mol. The maximum atomic E-state index is 13.5. The molecule has 0 heterocycles. The highest BCUT2D eigenvalue weighted by molar-refractivity contribution is 9.09. The van der Waals surface area contributed by atoms with Gasteiger partial charge in [-0.3, -0.25) is 0 Å². The van der Waals surface area contributed by atoms with E-state index in [1.807, 2.05) is 6.07 Å². The van der Waals surface area contributed by atoms with Crippen molar-refractivity contribution in [3.8, 4) is 0 Å². The van der Waals surface area contributed by atoms with Gasteiger partial charge >= 0.3 is 0 Å². The lowest BCUT2D eigenvalue weighted by atomic mass is 10.1. The van der Waals surface area contributed by atoms with Gasteiger partial charge in [0.15, 0.2) is 0 Å². The number of halogens is 2. The fourth-order valence-corrected chi connectivity index (χ4v) is 2.21. The highest BCUT2D eigenvalue weighted by Crippen LogP contribution is 2.21. The van der Waals surface area contributed by atoms with E-state index >= 15 is 0 Å². The molecule has 0 aliphatic carbocycles. The Morgan fingerprint density at radius 1 is 1.35 bits per heavy atom. The highest BCUT2D eigenvalue weighted by atomic mass is 79.9. The Kier molecular flexibility index (Phi) is 5.16. The van der Waals surface area contributed by atoms with E-state index in [0.29, 0.717) is 5.56 Å². The molecule has 0 fully saturated rings. The molecule has 1 unspecified atom stereocenters. The van der Waals surface area contributed by atoms with E-state index in [1.54, 1.807) is 45.0 Å². The van der Waals surface area contributed by atoms with Gasteiger partial charge in [-0.25, -0.2) is 4.39 Å². The molecule has 1 aromatic carbocycles. The minimum absolute atomic E-state index is 0.166. The summed E-state index contributed by atoms with van der Waals surface area (Å²) in [5, 5.41) is -1.42. The maximum absolute atomic E-state index is 13.5. The van der Waals surface area contributed by atoms with Gasteiger partial charge in [-0.05, 0) is 36.7 Å². The van der Waals surface area contributed by atoms with E-state index in [0.717, 1.165) is 0 Å². The molecule has 0 saturated heterocycles. The topological polar surface area (TPSA) is 35.4 Å². The van der Waals surface area contributed by atoms with Crippen LogP contribution in [0.1, 0.15) is 26.3 Å². The Labute approximate surface area is 113 Å². The van der Waals surface area contributed by atoms with Gasteiger partial charge in [-0.15, -0.1) is 0 Å². The maximum Gasteiger partial charge on any atom is 0.201 e. The molecule has 17 heavy (non-hydrogen) atoms. The van der Waals surface area contributed by atoms with Crippen molar-refractivity contribution in [1.29, 1.82) is 0 Å². The first kappa shape index (κ1) is 14.7. The molecule has 2 nitrogen and oxygen atoms in total. The number of benzene rings is 1. The summed E-state index contributed by atoms with van der Waals surface area (Å²) in [6, 6.07) is 8.91. The predicted molar refractivity (Wildman–Crippen MR) is 74.7 cm³/mol. The Bertz CT molecular complexity index is 389. The van der Waals surface area contributed by atoms with Crippen LogP contribution in [0.15, 0.2) is 34.7 Å². The first-order chi connectivity index (χ1) is 7.82. The molecular formula is C12H15BrFNOS. The number of hydrogen-bond acceptors (Lipinski definition) is 2. The quantitative estimate of drug-likeness (QED) is 0.476. The third-order valence-electron chi connectivity index (χ3n) is 1.98. The second kappa shape index (κ2) is 5.98. The summed E-state index contributed by atoms with van der Waals surface area (Å²) in [7, 11) is 0. The summed E-state index contributed by atoms with van der Waals surface area (Å²) in [5.74, 6) is 0. The first-order valence-corrected chi connectivity index (χ1v) is 7.19. The molecule has 2 atom stereocenters. The van der Waals surface area contributed by atoms with Crippen LogP contribution in [-0.4, -0.2) is 20.1 Å². The van der Waals surface area contributed by atoms with E-state index < -0.39 is 21.2 Å². The lowest BCUT2D eigenvalue weighted by Gasteiger charge is -2.19. The summed E-state index contributed by atoms with van der Waals surface area (Å²) in [6.07, 6.45) is 0. The van der Waals surface area contributed by atoms with Gasteiger partial charge < -0.3 is 4.55 Å². The largest absolute Gasteiger partial charge is 0.591 e. The molecule has 1 aromatic rings. The average Bonchev–Trinajstić information content (AvgIpc) is 2.25. The lowest BCUT2D eigenvalue weighted by Crippen LogP contribution is -2.28. The van der Waals surface area contributed by atoms with Crippen molar-refractivity contribution in [3.05, 3.63) is 35.9 Å². The van der Waals surface area contributed by atoms with Crippen LogP contribution in [0.5, 0.6) is 0 Å². The molecule has 1 rings (SSSR count). The molecule has 0 amide bonds. The van der Waals surface area contributed by atoms with Crippen molar-refractivity contribution in [2.24, 2.45) is 4.40 Å². The summed E-state index contributed by atoms with van der Waals surface area (Å²) in [5.41, 5.74) is 0.799. The van der Waals surface area contributed by atoms with Crippen molar-refractivity contribution in [2.75, 3.05) is 0 Å². The van der Waals surface area contributed by atoms with Gasteiger partial charge in [0.1, 0.15) is 21.8 Å². The van der Waals surface area contributed by atoms with Crippen LogP contribution in [0.3, 0.4) is 0 Å². The SMILES string of the molecule is CC(C)(C)[S+]([O-])N=C(c1ccccc1)[C@@H](F)Br. The predicted octanol–water partition coefficient (Wildman–Crippen LogP) is 3.63. The fourth-order valence-electron chi connectivity index (χ4n) is 1.05. The van der Waals surface area contributed by atoms with Crippen molar-refractivity contribution in [3.63, 3.8) is 0 Å². The molecule has 94 valence electrons. The van der Waals surface area contributed by atoms with Crippen molar-refractivity contribution >= 4 is 33.0 Å². The van der Waals surface area contributed by atoms with Gasteiger partial charge in [0.05, 0.1) is 0 Å². The zero-order valence-corrected chi connectivity index (χ0v) is 12.4. The molecule has 0 radical (unpaired) electrons. The minimum atomic E-state index is -1.47. The lowest BCUT2D eigenvalue weighted by molar-refractivity contribution is 0.546. The summed E-state index contributed by atoms with van der Waals surface area (Å²) < 4.78 is 28.8. The molecule has 0 aromatic heterocycles. The minimum Gasteiger partial charge on any atom is -0.591 e. The van der Waals surface area contributed by atoms with E-state index in [1.165, 1.54) is 0 Å². The molecule has 0 N–H and O–H groups in total. The van der Waals surface area contributed by atoms with Crippen molar-refractivity contribution in [2.45, 2.75) is 30.6 Å². The highest BCUT2D eigenvalue weighted by Gasteiger charge is 2.29. The zero-order valence-electron chi connectivity index (χ0n) is 9.98. The Balaban J connectivity index is 3.07. The Hall–Kier alpha value is -0.390. The zero-order chi connectivity index (χ0) is 13.1. The number of nitrogens with zero attached hydrogens (tertiary/aromatic N) is 1. The third-order valence-corrected chi connectivity index (χ3v) is 3.83. The molecule has 0 aliphatic rings. The van der Waals surface area contributed by atoms with Gasteiger partial charge in [0.2, 0.25) is 5.08 Å². The van der Waals surface area contributed by atoms with Crippen molar-refractivity contribution in [1.82, 2.24) is 0 Å². The van der Waals surface area contributed by atoms with Crippen LogP contribution in [0.25, 0.3) is 0 Å². The Morgan fingerprint density at radius 2 is 1.88 bits per heavy atom. The van der Waals surface area contributed by atoms with Gasteiger partial charge in [0.25, 0.3) is 0 Å². The standard InChI is InChI=1S/C12H15BrFNOS/c1-12(2,3)17(16)15-10(11(13)14)9-7-5-4-6-8-9/h4-8,11H,1-3H3/t11-,17?/m1/s1. The molecule has 0 bridgehead atoms. The molecule has 0 spiro atoms. The van der Waals surface area contributed by atoms with Crippen LogP contribution in [0.4, 0.5) is 4.39 Å². The second-order valence-electron chi connectivity index (χ2n) is 4.50. The molecule has 5 heteroatoms. The van der Waals surface area contributed by atoms with Crippen molar-refractivity contribution < 1.29 is 8.94 Å². The van der Waals surface area contributed by atoms with Gasteiger partial charge in [0, 0.05) is 5.56 Å². The van der Waals surface area contributed by atoms with Crippen LogP contribution in [0, 0.1) is 0 Å². The van der Waals surface area contributed by atoms with Crippen LogP contribution >= 0.6 is 15.9 Å². The van der Waals surface area contributed by atoms with E-state index in [-0.39, 0.29) is 5.71 Å². The summed E-state index contributed by atoms with van der Waals surface area (Å²) in [4.78, 5) is 0. The van der Waals surface area contributed by atoms with E-state index in [4.69, 9.17) is 0 Å².